The Balaban J connectivity index is 1.89. The fourth-order valence-corrected chi connectivity index (χ4v) is 2.20. The summed E-state index contributed by atoms with van der Waals surface area (Å²) >= 11 is 0. The van der Waals surface area contributed by atoms with Gasteiger partial charge in [-0.1, -0.05) is 12.1 Å². The normalized spacial score (nSPS) is 10.8. The second kappa shape index (κ2) is 10.1. The number of ether oxygens (including phenoxy) is 4. The monoisotopic (exact) mass is 392 g/mol. The van der Waals surface area contributed by atoms with E-state index in [0.29, 0.717) is 22.6 Å². The molecule has 2 aromatic rings. The van der Waals surface area contributed by atoms with Gasteiger partial charge >= 0.3 is 12.6 Å². The van der Waals surface area contributed by atoms with Crippen LogP contribution in [0.3, 0.4) is 0 Å². The third kappa shape index (κ3) is 6.08. The molecule has 0 saturated carbocycles. The van der Waals surface area contributed by atoms with Crippen molar-refractivity contribution in [1.82, 2.24) is 0 Å². The van der Waals surface area contributed by atoms with Crippen LogP contribution in [0.1, 0.15) is 15.9 Å². The number of carbonyl (C=O) groups is 2. The number of Topliss-reactive ketones (excluding diaryl/α,β-unsaturated/α-hetero) is 1. The van der Waals surface area contributed by atoms with Crippen LogP contribution in [0.5, 0.6) is 17.2 Å². The number of halogens is 2. The smallest absolute Gasteiger partial charge is 0.387 e. The number of hydrogen-bond acceptors (Lipinski definition) is 6. The molecular weight excluding hydrogens is 374 g/mol. The SMILES string of the molecule is COc1ccc(C(=O)COC(=O)/C=C/c2ccc(OC(F)F)cc2)cc1OC. The molecule has 0 atom stereocenters. The minimum atomic E-state index is -2.90. The van der Waals surface area contributed by atoms with E-state index < -0.39 is 25.0 Å². The fourth-order valence-electron chi connectivity index (χ4n) is 2.20. The van der Waals surface area contributed by atoms with E-state index >= 15 is 0 Å². The number of benzene rings is 2. The average molecular weight is 392 g/mol. The lowest BCUT2D eigenvalue weighted by Gasteiger charge is -2.09. The maximum Gasteiger partial charge on any atom is 0.387 e. The molecule has 0 unspecified atom stereocenters. The highest BCUT2D eigenvalue weighted by atomic mass is 19.3. The van der Waals surface area contributed by atoms with E-state index in [0.717, 1.165) is 6.08 Å². The van der Waals surface area contributed by atoms with Crippen molar-refractivity contribution in [2.24, 2.45) is 0 Å². The first-order valence-electron chi connectivity index (χ1n) is 8.08. The van der Waals surface area contributed by atoms with Gasteiger partial charge < -0.3 is 18.9 Å². The predicted molar refractivity (Wildman–Crippen MR) is 96.9 cm³/mol. The van der Waals surface area contributed by atoms with E-state index in [4.69, 9.17) is 14.2 Å². The van der Waals surface area contributed by atoms with Gasteiger partial charge in [-0.05, 0) is 42.0 Å². The largest absolute Gasteiger partial charge is 0.493 e. The standard InChI is InChI=1S/C20H18F2O6/c1-25-17-9-6-14(11-18(17)26-2)16(23)12-27-19(24)10-5-13-3-7-15(8-4-13)28-20(21)22/h3-11,20H,12H2,1-2H3/b10-5+. The topological polar surface area (TPSA) is 71.1 Å². The lowest BCUT2D eigenvalue weighted by atomic mass is 10.1. The van der Waals surface area contributed by atoms with Crippen LogP contribution >= 0.6 is 0 Å². The maximum absolute atomic E-state index is 12.1. The Bertz CT molecular complexity index is 846. The van der Waals surface area contributed by atoms with Crippen LogP contribution in [0.2, 0.25) is 0 Å². The summed E-state index contributed by atoms with van der Waals surface area (Å²) in [7, 11) is 2.93. The molecule has 0 aliphatic rings. The molecule has 0 aliphatic heterocycles. The quantitative estimate of drug-likeness (QED) is 0.368. The van der Waals surface area contributed by atoms with Crippen molar-refractivity contribution in [3.8, 4) is 17.2 Å². The highest BCUT2D eigenvalue weighted by molar-refractivity contribution is 5.99. The zero-order valence-corrected chi connectivity index (χ0v) is 15.2. The van der Waals surface area contributed by atoms with Crippen molar-refractivity contribution in [3.05, 3.63) is 59.7 Å². The molecule has 0 radical (unpaired) electrons. The number of hydrogen-bond donors (Lipinski definition) is 0. The highest BCUT2D eigenvalue weighted by Crippen LogP contribution is 2.27. The van der Waals surface area contributed by atoms with Crippen molar-refractivity contribution < 1.29 is 37.3 Å². The van der Waals surface area contributed by atoms with E-state index in [1.54, 1.807) is 6.07 Å². The van der Waals surface area contributed by atoms with E-state index in [1.165, 1.54) is 56.7 Å². The summed E-state index contributed by atoms with van der Waals surface area (Å²) in [4.78, 5) is 23.9. The second-order valence-electron chi connectivity index (χ2n) is 5.38. The first kappa shape index (κ1) is 20.9. The Morgan fingerprint density at radius 3 is 2.29 bits per heavy atom. The zero-order valence-electron chi connectivity index (χ0n) is 15.2. The van der Waals surface area contributed by atoms with Crippen LogP contribution in [-0.2, 0) is 9.53 Å². The van der Waals surface area contributed by atoms with Crippen molar-refractivity contribution in [2.45, 2.75) is 6.61 Å². The Labute approximate surface area is 160 Å². The van der Waals surface area contributed by atoms with Crippen LogP contribution in [0.15, 0.2) is 48.5 Å². The number of rotatable bonds is 9. The van der Waals surface area contributed by atoms with Crippen molar-refractivity contribution in [2.75, 3.05) is 20.8 Å². The van der Waals surface area contributed by atoms with Gasteiger partial charge in [0.25, 0.3) is 0 Å². The predicted octanol–water partition coefficient (Wildman–Crippen LogP) is 3.74. The summed E-state index contributed by atoms with van der Waals surface area (Å²) in [6.07, 6.45) is 2.56. The minimum Gasteiger partial charge on any atom is -0.493 e. The summed E-state index contributed by atoms with van der Waals surface area (Å²) in [5, 5.41) is 0. The maximum atomic E-state index is 12.1. The van der Waals surface area contributed by atoms with Gasteiger partial charge in [-0.15, -0.1) is 0 Å². The van der Waals surface area contributed by atoms with Crippen LogP contribution in [-0.4, -0.2) is 39.2 Å². The van der Waals surface area contributed by atoms with E-state index in [-0.39, 0.29) is 5.75 Å². The van der Waals surface area contributed by atoms with Crippen molar-refractivity contribution >= 4 is 17.8 Å². The number of ketones is 1. The van der Waals surface area contributed by atoms with E-state index in [2.05, 4.69) is 4.74 Å². The number of carbonyl (C=O) groups excluding carboxylic acids is 2. The molecule has 148 valence electrons. The van der Waals surface area contributed by atoms with Gasteiger partial charge in [-0.3, -0.25) is 4.79 Å². The average Bonchev–Trinajstić information content (AvgIpc) is 2.70. The Hall–Kier alpha value is -3.42. The Morgan fingerprint density at radius 1 is 1.00 bits per heavy atom. The van der Waals surface area contributed by atoms with Crippen LogP contribution in [0, 0.1) is 0 Å². The summed E-state index contributed by atoms with van der Waals surface area (Å²) in [6.45, 7) is -3.35. The molecule has 2 rings (SSSR count). The van der Waals surface area contributed by atoms with Crippen LogP contribution < -0.4 is 14.2 Å². The Morgan fingerprint density at radius 2 is 1.68 bits per heavy atom. The van der Waals surface area contributed by atoms with Crippen molar-refractivity contribution in [3.63, 3.8) is 0 Å². The lowest BCUT2D eigenvalue weighted by molar-refractivity contribution is -0.136. The Kier molecular flexibility index (Phi) is 7.50. The first-order valence-corrected chi connectivity index (χ1v) is 8.08. The van der Waals surface area contributed by atoms with Crippen LogP contribution in [0.25, 0.3) is 6.08 Å². The second-order valence-corrected chi connectivity index (χ2v) is 5.38. The number of esters is 1. The highest BCUT2D eigenvalue weighted by Gasteiger charge is 2.12. The van der Waals surface area contributed by atoms with Gasteiger partial charge in [0.15, 0.2) is 23.9 Å². The summed E-state index contributed by atoms with van der Waals surface area (Å²) in [6, 6.07) is 10.3. The molecule has 0 aliphatic carbocycles. The molecule has 0 amide bonds. The molecule has 0 aromatic heterocycles. The molecular formula is C20H18F2O6. The molecule has 28 heavy (non-hydrogen) atoms. The molecule has 0 spiro atoms. The molecule has 2 aromatic carbocycles. The van der Waals surface area contributed by atoms with Gasteiger partial charge in [0.2, 0.25) is 0 Å². The fraction of sp³-hybridized carbons (Fsp3) is 0.200. The first-order chi connectivity index (χ1) is 13.4. The molecule has 8 heteroatoms. The summed E-state index contributed by atoms with van der Waals surface area (Å²) in [5.74, 6) is -0.254. The molecule has 0 bridgehead atoms. The van der Waals surface area contributed by atoms with Crippen LogP contribution in [0.4, 0.5) is 8.78 Å². The summed E-state index contributed by atoms with van der Waals surface area (Å²) < 4.78 is 43.5. The number of methoxy groups -OCH3 is 2. The van der Waals surface area contributed by atoms with Gasteiger partial charge in [-0.25, -0.2) is 4.79 Å². The van der Waals surface area contributed by atoms with Gasteiger partial charge in [0.1, 0.15) is 5.75 Å². The third-order valence-corrected chi connectivity index (χ3v) is 3.57. The van der Waals surface area contributed by atoms with E-state index in [1.807, 2.05) is 0 Å². The summed E-state index contributed by atoms with van der Waals surface area (Å²) in [5.41, 5.74) is 0.883. The third-order valence-electron chi connectivity index (χ3n) is 3.57. The van der Waals surface area contributed by atoms with Gasteiger partial charge in [-0.2, -0.15) is 8.78 Å². The molecule has 0 N–H and O–H groups in total. The molecule has 0 heterocycles. The molecule has 6 nitrogen and oxygen atoms in total. The lowest BCUT2D eigenvalue weighted by Crippen LogP contribution is -2.12. The van der Waals surface area contributed by atoms with Gasteiger partial charge in [0.05, 0.1) is 14.2 Å². The molecule has 0 fully saturated rings. The number of alkyl halides is 2. The van der Waals surface area contributed by atoms with E-state index in [9.17, 15) is 18.4 Å². The minimum absolute atomic E-state index is 0.00948. The molecule has 0 saturated heterocycles. The van der Waals surface area contributed by atoms with Gasteiger partial charge in [0, 0.05) is 11.6 Å². The zero-order chi connectivity index (χ0) is 20.5. The van der Waals surface area contributed by atoms with Crippen molar-refractivity contribution in [1.29, 1.82) is 0 Å².